The molecule has 3 heteroatoms. The third-order valence-electron chi connectivity index (χ3n) is 6.85. The first-order valence-electron chi connectivity index (χ1n) is 9.61. The Morgan fingerprint density at radius 3 is 2.05 bits per heavy atom. The van der Waals surface area contributed by atoms with Gasteiger partial charge in [-0.1, -0.05) is 6.92 Å². The average Bonchev–Trinajstić information content (AvgIpc) is 2.45. The van der Waals surface area contributed by atoms with Gasteiger partial charge in [-0.15, -0.1) is 0 Å². The second kappa shape index (κ2) is 6.07. The van der Waals surface area contributed by atoms with Crippen molar-refractivity contribution < 1.29 is 14.6 Å². The lowest BCUT2D eigenvalue weighted by atomic mass is 9.51. The van der Waals surface area contributed by atoms with E-state index in [1.807, 2.05) is 6.92 Å². The molecule has 0 amide bonds. The summed E-state index contributed by atoms with van der Waals surface area (Å²) < 4.78 is 12.7. The van der Waals surface area contributed by atoms with Crippen LogP contribution in [0.4, 0.5) is 0 Å². The van der Waals surface area contributed by atoms with Gasteiger partial charge in [0.15, 0.2) is 6.29 Å². The van der Waals surface area contributed by atoms with Crippen LogP contribution in [-0.4, -0.2) is 29.7 Å². The van der Waals surface area contributed by atoms with Crippen LogP contribution < -0.4 is 0 Å². The molecule has 1 heterocycles. The first kappa shape index (κ1) is 15.4. The van der Waals surface area contributed by atoms with Gasteiger partial charge in [0.05, 0.1) is 18.3 Å². The Morgan fingerprint density at radius 1 is 0.909 bits per heavy atom. The molecule has 5 rings (SSSR count). The van der Waals surface area contributed by atoms with Crippen molar-refractivity contribution in [2.75, 3.05) is 0 Å². The van der Waals surface area contributed by atoms with Crippen LogP contribution in [0.5, 0.6) is 0 Å². The smallest absolute Gasteiger partial charge is 0.161 e. The monoisotopic (exact) mass is 308 g/mol. The summed E-state index contributed by atoms with van der Waals surface area (Å²) in [6.45, 7) is 4.08. The van der Waals surface area contributed by atoms with E-state index in [1.165, 1.54) is 32.1 Å². The van der Waals surface area contributed by atoms with Crippen LogP contribution in [-0.2, 0) is 9.47 Å². The van der Waals surface area contributed by atoms with Gasteiger partial charge in [0.2, 0.25) is 0 Å². The molecule has 4 saturated carbocycles. The quantitative estimate of drug-likeness (QED) is 0.860. The van der Waals surface area contributed by atoms with Crippen LogP contribution >= 0.6 is 0 Å². The largest absolute Gasteiger partial charge is 0.393 e. The van der Waals surface area contributed by atoms with E-state index in [0.29, 0.717) is 12.0 Å². The van der Waals surface area contributed by atoms with Crippen molar-refractivity contribution in [3.63, 3.8) is 0 Å². The molecule has 4 atom stereocenters. The van der Waals surface area contributed by atoms with Gasteiger partial charge in [-0.2, -0.15) is 0 Å². The Hall–Kier alpha value is -0.120. The first-order chi connectivity index (χ1) is 10.6. The Labute approximate surface area is 134 Å². The molecular formula is C19H32O3. The van der Waals surface area contributed by atoms with Gasteiger partial charge in [0, 0.05) is 12.3 Å². The van der Waals surface area contributed by atoms with Crippen LogP contribution in [0, 0.1) is 29.6 Å². The molecule has 1 saturated heterocycles. The van der Waals surface area contributed by atoms with E-state index in [9.17, 15) is 5.11 Å². The first-order valence-corrected chi connectivity index (χ1v) is 9.61. The van der Waals surface area contributed by atoms with Gasteiger partial charge in [-0.3, -0.25) is 0 Å². The van der Waals surface area contributed by atoms with E-state index < -0.39 is 0 Å². The third kappa shape index (κ3) is 2.85. The van der Waals surface area contributed by atoms with Gasteiger partial charge >= 0.3 is 0 Å². The summed E-state index contributed by atoms with van der Waals surface area (Å²) >= 11 is 0. The van der Waals surface area contributed by atoms with Crippen molar-refractivity contribution in [1.82, 2.24) is 0 Å². The normalized spacial score (nSPS) is 52.0. The zero-order valence-electron chi connectivity index (χ0n) is 14.1. The van der Waals surface area contributed by atoms with E-state index in [2.05, 4.69) is 6.92 Å². The predicted molar refractivity (Wildman–Crippen MR) is 85.3 cm³/mol. The maximum absolute atomic E-state index is 9.74. The molecule has 1 aliphatic heterocycles. The SMILES string of the molecule is CCC1CC(CC(C)O)OC(C2C3CC4CC(C3)CC2C4)O1. The molecule has 0 aromatic carbocycles. The number of hydrogen-bond donors (Lipinski definition) is 1. The van der Waals surface area contributed by atoms with Crippen molar-refractivity contribution >= 4 is 0 Å². The fourth-order valence-corrected chi connectivity index (χ4v) is 6.20. The molecule has 3 nitrogen and oxygen atoms in total. The Morgan fingerprint density at radius 2 is 1.50 bits per heavy atom. The molecule has 0 aromatic rings. The lowest BCUT2D eigenvalue weighted by Crippen LogP contribution is -2.53. The molecule has 4 bridgehead atoms. The molecule has 5 fully saturated rings. The minimum absolute atomic E-state index is 0.00236. The highest BCUT2D eigenvalue weighted by molar-refractivity contribution is 4.99. The Balaban J connectivity index is 1.48. The maximum Gasteiger partial charge on any atom is 0.161 e. The summed E-state index contributed by atoms with van der Waals surface area (Å²) in [6, 6.07) is 0. The lowest BCUT2D eigenvalue weighted by molar-refractivity contribution is -0.293. The van der Waals surface area contributed by atoms with Crippen molar-refractivity contribution in [2.45, 2.75) is 89.8 Å². The molecule has 0 radical (unpaired) electrons. The molecule has 126 valence electrons. The van der Waals surface area contributed by atoms with Gasteiger partial charge < -0.3 is 14.6 Å². The van der Waals surface area contributed by atoms with Crippen LogP contribution in [0.2, 0.25) is 0 Å². The topological polar surface area (TPSA) is 38.7 Å². The molecular weight excluding hydrogens is 276 g/mol. The number of aliphatic hydroxyl groups excluding tert-OH is 1. The predicted octanol–water partition coefficient (Wildman–Crippen LogP) is 3.74. The Bertz CT molecular complexity index is 366. The van der Waals surface area contributed by atoms with E-state index in [4.69, 9.17) is 9.47 Å². The second-order valence-corrected chi connectivity index (χ2v) is 8.62. The van der Waals surface area contributed by atoms with E-state index >= 15 is 0 Å². The van der Waals surface area contributed by atoms with E-state index in [0.717, 1.165) is 42.9 Å². The summed E-state index contributed by atoms with van der Waals surface area (Å²) in [5.74, 6) is 4.29. The lowest BCUT2D eigenvalue weighted by Gasteiger charge is -2.57. The number of ether oxygens (including phenoxy) is 2. The summed E-state index contributed by atoms with van der Waals surface area (Å²) in [5, 5.41) is 9.74. The highest BCUT2D eigenvalue weighted by Crippen LogP contribution is 2.58. The summed E-state index contributed by atoms with van der Waals surface area (Å²) in [6.07, 6.45) is 10.1. The van der Waals surface area contributed by atoms with Crippen molar-refractivity contribution in [2.24, 2.45) is 29.6 Å². The highest BCUT2D eigenvalue weighted by atomic mass is 16.7. The average molecular weight is 308 g/mol. The Kier molecular flexibility index (Phi) is 4.25. The molecule has 4 unspecified atom stereocenters. The molecule has 1 N–H and O–H groups in total. The zero-order valence-corrected chi connectivity index (χ0v) is 14.1. The van der Waals surface area contributed by atoms with Crippen molar-refractivity contribution in [3.8, 4) is 0 Å². The van der Waals surface area contributed by atoms with Gasteiger partial charge in [0.25, 0.3) is 0 Å². The van der Waals surface area contributed by atoms with Crippen LogP contribution in [0.15, 0.2) is 0 Å². The van der Waals surface area contributed by atoms with Gasteiger partial charge in [-0.05, 0) is 75.5 Å². The maximum atomic E-state index is 9.74. The molecule has 22 heavy (non-hydrogen) atoms. The standard InChI is InChI=1S/C19H32O3/c1-3-16-10-17(4-11(2)20)22-19(21-16)18-14-6-12-5-13(8-14)9-15(18)7-12/h11-20H,3-10H2,1-2H3. The van der Waals surface area contributed by atoms with E-state index in [-0.39, 0.29) is 18.5 Å². The van der Waals surface area contributed by atoms with Crippen LogP contribution in [0.1, 0.15) is 65.2 Å². The molecule has 4 aliphatic carbocycles. The summed E-state index contributed by atoms with van der Waals surface area (Å²) in [4.78, 5) is 0. The van der Waals surface area contributed by atoms with Gasteiger partial charge in [-0.25, -0.2) is 0 Å². The fraction of sp³-hybridized carbons (Fsp3) is 1.00. The number of rotatable bonds is 4. The second-order valence-electron chi connectivity index (χ2n) is 8.62. The van der Waals surface area contributed by atoms with E-state index in [1.54, 1.807) is 0 Å². The fourth-order valence-electron chi connectivity index (χ4n) is 6.20. The minimum Gasteiger partial charge on any atom is -0.393 e. The van der Waals surface area contributed by atoms with Crippen molar-refractivity contribution in [1.29, 1.82) is 0 Å². The van der Waals surface area contributed by atoms with Crippen molar-refractivity contribution in [3.05, 3.63) is 0 Å². The number of hydrogen-bond acceptors (Lipinski definition) is 3. The summed E-state index contributed by atoms with van der Waals surface area (Å²) in [5.41, 5.74) is 0. The third-order valence-corrected chi connectivity index (χ3v) is 6.85. The van der Waals surface area contributed by atoms with Crippen LogP contribution in [0.3, 0.4) is 0 Å². The molecule has 5 aliphatic rings. The molecule has 0 spiro atoms. The van der Waals surface area contributed by atoms with Gasteiger partial charge in [0.1, 0.15) is 0 Å². The molecule has 0 aromatic heterocycles. The summed E-state index contributed by atoms with van der Waals surface area (Å²) in [7, 11) is 0. The highest BCUT2D eigenvalue weighted by Gasteiger charge is 2.52. The van der Waals surface area contributed by atoms with Crippen LogP contribution in [0.25, 0.3) is 0 Å². The zero-order chi connectivity index (χ0) is 15.3. The number of aliphatic hydroxyl groups is 1. The minimum atomic E-state index is -0.278.